The van der Waals surface area contributed by atoms with Crippen LogP contribution in [-0.2, 0) is 13.1 Å². The van der Waals surface area contributed by atoms with Crippen LogP contribution in [-0.4, -0.2) is 66.4 Å². The first-order valence-corrected chi connectivity index (χ1v) is 9.55. The van der Waals surface area contributed by atoms with Crippen molar-refractivity contribution in [2.45, 2.75) is 20.0 Å². The van der Waals surface area contributed by atoms with E-state index in [2.05, 4.69) is 50.1 Å². The molecule has 0 radical (unpaired) electrons. The number of aromatic amines is 1. The number of benzene rings is 1. The average Bonchev–Trinajstić information content (AvgIpc) is 3.10. The molecule has 2 aromatic rings. The van der Waals surface area contributed by atoms with Gasteiger partial charge in [-0.2, -0.15) is 5.10 Å². The number of hydrogen-bond acceptors (Lipinski definition) is 6. The second-order valence-corrected chi connectivity index (χ2v) is 7.45. The summed E-state index contributed by atoms with van der Waals surface area (Å²) in [6.45, 7) is 9.47. The number of hydrogen-bond donors (Lipinski definition) is 1. The van der Waals surface area contributed by atoms with Gasteiger partial charge in [0.05, 0.1) is 11.9 Å². The summed E-state index contributed by atoms with van der Waals surface area (Å²) in [7, 11) is 2.17. The summed E-state index contributed by atoms with van der Waals surface area (Å²) >= 11 is 0. The Morgan fingerprint density at radius 1 is 1.19 bits per heavy atom. The van der Waals surface area contributed by atoms with Crippen LogP contribution >= 0.6 is 0 Å². The number of piperazine rings is 1. The van der Waals surface area contributed by atoms with Crippen LogP contribution in [0.3, 0.4) is 0 Å². The topological polar surface area (TPSA) is 64.7 Å². The molecule has 27 heavy (non-hydrogen) atoms. The summed E-state index contributed by atoms with van der Waals surface area (Å²) in [6, 6.07) is 6.24. The predicted octanol–water partition coefficient (Wildman–Crippen LogP) is 1.22. The molecule has 0 amide bonds. The van der Waals surface area contributed by atoms with Gasteiger partial charge in [-0.1, -0.05) is 12.1 Å². The average molecular weight is 369 g/mol. The molecule has 2 aliphatic heterocycles. The van der Waals surface area contributed by atoms with Crippen molar-refractivity contribution in [1.82, 2.24) is 20.0 Å². The van der Waals surface area contributed by atoms with Crippen LogP contribution in [0.4, 0.5) is 5.69 Å². The molecule has 0 saturated carbocycles. The zero-order valence-electron chi connectivity index (χ0n) is 16.1. The minimum Gasteiger partial charge on any atom is -0.492 e. The van der Waals surface area contributed by atoms with Crippen LogP contribution in [0.1, 0.15) is 16.7 Å². The predicted molar refractivity (Wildman–Crippen MR) is 105 cm³/mol. The number of aromatic nitrogens is 2. The van der Waals surface area contributed by atoms with Crippen LogP contribution in [0.5, 0.6) is 5.75 Å². The fourth-order valence-corrected chi connectivity index (χ4v) is 3.82. The Balaban J connectivity index is 1.41. The van der Waals surface area contributed by atoms with Crippen molar-refractivity contribution in [3.63, 3.8) is 0 Å². The summed E-state index contributed by atoms with van der Waals surface area (Å²) in [6.07, 6.45) is 1.73. The van der Waals surface area contributed by atoms with Gasteiger partial charge in [-0.3, -0.25) is 9.69 Å². The SMILES string of the molecule is Cc1c(N2Cc3cccc(OCCN4CCN(C)CC4)c3C2)cn[nH]c1=O. The van der Waals surface area contributed by atoms with Crippen molar-refractivity contribution in [1.29, 1.82) is 0 Å². The third-order valence-electron chi connectivity index (χ3n) is 5.62. The quantitative estimate of drug-likeness (QED) is 0.855. The maximum atomic E-state index is 11.9. The highest BCUT2D eigenvalue weighted by atomic mass is 16.5. The summed E-state index contributed by atoms with van der Waals surface area (Å²) in [5, 5.41) is 6.46. The first kappa shape index (κ1) is 18.0. The van der Waals surface area contributed by atoms with Crippen LogP contribution in [0.15, 0.2) is 29.2 Å². The number of nitrogens with zero attached hydrogens (tertiary/aromatic N) is 4. The number of anilines is 1. The molecule has 3 heterocycles. The molecule has 1 fully saturated rings. The minimum atomic E-state index is -0.132. The van der Waals surface area contributed by atoms with Gasteiger partial charge in [0.1, 0.15) is 12.4 Å². The van der Waals surface area contributed by atoms with Gasteiger partial charge >= 0.3 is 0 Å². The third kappa shape index (κ3) is 3.84. The molecule has 0 spiro atoms. The second kappa shape index (κ2) is 7.70. The van der Waals surface area contributed by atoms with E-state index in [0.717, 1.165) is 57.3 Å². The van der Waals surface area contributed by atoms with Crippen molar-refractivity contribution in [3.05, 3.63) is 51.4 Å². The van der Waals surface area contributed by atoms with E-state index in [-0.39, 0.29) is 5.56 Å². The van der Waals surface area contributed by atoms with Gasteiger partial charge in [-0.15, -0.1) is 0 Å². The lowest BCUT2D eigenvalue weighted by atomic mass is 10.1. The van der Waals surface area contributed by atoms with Crippen LogP contribution in [0.2, 0.25) is 0 Å². The molecule has 0 unspecified atom stereocenters. The Labute approximate surface area is 159 Å². The molecule has 1 aromatic heterocycles. The first-order valence-electron chi connectivity index (χ1n) is 9.55. The van der Waals surface area contributed by atoms with Gasteiger partial charge in [-0.05, 0) is 25.6 Å². The Bertz CT molecular complexity index is 858. The largest absolute Gasteiger partial charge is 0.492 e. The zero-order chi connectivity index (χ0) is 18.8. The summed E-state index contributed by atoms with van der Waals surface area (Å²) < 4.78 is 6.15. The monoisotopic (exact) mass is 369 g/mol. The smallest absolute Gasteiger partial charge is 0.269 e. The number of fused-ring (bicyclic) bond motifs is 1. The van der Waals surface area contributed by atoms with E-state index in [1.165, 1.54) is 11.1 Å². The van der Waals surface area contributed by atoms with E-state index >= 15 is 0 Å². The third-order valence-corrected chi connectivity index (χ3v) is 5.62. The summed E-state index contributed by atoms with van der Waals surface area (Å²) in [5.41, 5.74) is 3.93. The van der Waals surface area contributed by atoms with Crippen LogP contribution < -0.4 is 15.2 Å². The number of rotatable bonds is 5. The second-order valence-electron chi connectivity index (χ2n) is 7.45. The van der Waals surface area contributed by atoms with Gasteiger partial charge < -0.3 is 14.5 Å². The molecule has 0 atom stereocenters. The van der Waals surface area contributed by atoms with Crippen molar-refractivity contribution >= 4 is 5.69 Å². The number of H-pyrrole nitrogens is 1. The summed E-state index contributed by atoms with van der Waals surface area (Å²) in [5.74, 6) is 0.958. The molecule has 0 bridgehead atoms. The van der Waals surface area contributed by atoms with E-state index in [4.69, 9.17) is 4.74 Å². The molecule has 7 nitrogen and oxygen atoms in total. The number of likely N-dealkylation sites (N-methyl/N-ethyl adjacent to an activating group) is 1. The molecule has 1 N–H and O–H groups in total. The van der Waals surface area contributed by atoms with Gasteiger partial charge in [0, 0.05) is 56.9 Å². The Morgan fingerprint density at radius 2 is 2.00 bits per heavy atom. The van der Waals surface area contributed by atoms with E-state index < -0.39 is 0 Å². The lowest BCUT2D eigenvalue weighted by Crippen LogP contribution is -2.45. The van der Waals surface area contributed by atoms with E-state index in [9.17, 15) is 4.79 Å². The highest BCUT2D eigenvalue weighted by molar-refractivity contribution is 5.57. The molecule has 7 heteroatoms. The minimum absolute atomic E-state index is 0.132. The molecule has 144 valence electrons. The molecule has 1 aromatic carbocycles. The van der Waals surface area contributed by atoms with Gasteiger partial charge in [0.25, 0.3) is 5.56 Å². The summed E-state index contributed by atoms with van der Waals surface area (Å²) in [4.78, 5) is 18.9. The molecule has 0 aliphatic carbocycles. The van der Waals surface area contributed by atoms with Crippen molar-refractivity contribution in [2.75, 3.05) is 51.3 Å². The molecular weight excluding hydrogens is 342 g/mol. The highest BCUT2D eigenvalue weighted by Crippen LogP contribution is 2.34. The van der Waals surface area contributed by atoms with E-state index in [1.54, 1.807) is 6.20 Å². The van der Waals surface area contributed by atoms with E-state index in [1.807, 2.05) is 6.92 Å². The Hall–Kier alpha value is -2.38. The Morgan fingerprint density at radius 3 is 2.81 bits per heavy atom. The lowest BCUT2D eigenvalue weighted by Gasteiger charge is -2.32. The molecule has 1 saturated heterocycles. The van der Waals surface area contributed by atoms with Crippen molar-refractivity contribution in [2.24, 2.45) is 0 Å². The van der Waals surface area contributed by atoms with Gasteiger partial charge in [0.15, 0.2) is 0 Å². The molecule has 2 aliphatic rings. The Kier molecular flexibility index (Phi) is 5.13. The molecule has 4 rings (SSSR count). The fourth-order valence-electron chi connectivity index (χ4n) is 3.82. The van der Waals surface area contributed by atoms with Crippen molar-refractivity contribution < 1.29 is 4.74 Å². The lowest BCUT2D eigenvalue weighted by molar-refractivity contribution is 0.133. The molecular formula is C20H27N5O2. The zero-order valence-corrected chi connectivity index (χ0v) is 16.1. The van der Waals surface area contributed by atoms with Crippen LogP contribution in [0, 0.1) is 6.92 Å². The van der Waals surface area contributed by atoms with Gasteiger partial charge in [-0.25, -0.2) is 5.10 Å². The standard InChI is InChI=1S/C20H27N5O2/c1-15-18(12-21-22-20(15)26)25-13-16-4-3-5-19(17(16)14-25)27-11-10-24-8-6-23(2)7-9-24/h3-5,12H,6-11,13-14H2,1-2H3,(H,22,26). The van der Waals surface area contributed by atoms with Crippen LogP contribution in [0.25, 0.3) is 0 Å². The maximum absolute atomic E-state index is 11.9. The van der Waals surface area contributed by atoms with Crippen molar-refractivity contribution in [3.8, 4) is 5.75 Å². The first-order chi connectivity index (χ1) is 13.1. The number of nitrogens with one attached hydrogen (secondary N) is 1. The number of ether oxygens (including phenoxy) is 1. The normalized spacial score (nSPS) is 17.9. The maximum Gasteiger partial charge on any atom is 0.269 e. The van der Waals surface area contributed by atoms with E-state index in [0.29, 0.717) is 12.2 Å². The van der Waals surface area contributed by atoms with Gasteiger partial charge in [0.2, 0.25) is 0 Å². The highest BCUT2D eigenvalue weighted by Gasteiger charge is 2.24. The fraction of sp³-hybridized carbons (Fsp3) is 0.500.